The number of benzene rings is 2. The SMILES string of the molecule is CCOc1ccccc1/C=N/NC(=O)COc1ccc(C(C)CC)cc1. The lowest BCUT2D eigenvalue weighted by Crippen LogP contribution is -2.24. The van der Waals surface area contributed by atoms with Gasteiger partial charge >= 0.3 is 0 Å². The van der Waals surface area contributed by atoms with Crippen LogP contribution in [0, 0.1) is 0 Å². The summed E-state index contributed by atoms with van der Waals surface area (Å²) in [6.45, 7) is 6.74. The monoisotopic (exact) mass is 354 g/mol. The molecule has 0 saturated carbocycles. The average Bonchev–Trinajstić information content (AvgIpc) is 2.67. The van der Waals surface area contributed by atoms with E-state index >= 15 is 0 Å². The van der Waals surface area contributed by atoms with Gasteiger partial charge in [-0.3, -0.25) is 4.79 Å². The smallest absolute Gasteiger partial charge is 0.277 e. The topological polar surface area (TPSA) is 59.9 Å². The van der Waals surface area contributed by atoms with Gasteiger partial charge in [0.15, 0.2) is 6.61 Å². The van der Waals surface area contributed by atoms with Crippen LogP contribution in [-0.4, -0.2) is 25.3 Å². The number of nitrogens with one attached hydrogen (secondary N) is 1. The summed E-state index contributed by atoms with van der Waals surface area (Å²) >= 11 is 0. The Morgan fingerprint density at radius 1 is 1.12 bits per heavy atom. The van der Waals surface area contributed by atoms with Crippen molar-refractivity contribution in [2.45, 2.75) is 33.1 Å². The number of hydrazone groups is 1. The molecule has 5 heteroatoms. The van der Waals surface area contributed by atoms with Crippen molar-refractivity contribution in [1.82, 2.24) is 5.43 Å². The van der Waals surface area contributed by atoms with E-state index in [0.29, 0.717) is 18.3 Å². The minimum absolute atomic E-state index is 0.0902. The molecule has 0 aliphatic heterocycles. The second-order valence-electron chi connectivity index (χ2n) is 5.93. The predicted octanol–water partition coefficient (Wildman–Crippen LogP) is 4.13. The summed E-state index contributed by atoms with van der Waals surface area (Å²) in [6, 6.07) is 15.3. The Morgan fingerprint density at radius 3 is 2.54 bits per heavy atom. The Labute approximate surface area is 155 Å². The predicted molar refractivity (Wildman–Crippen MR) is 104 cm³/mol. The number of hydrogen-bond acceptors (Lipinski definition) is 4. The highest BCUT2D eigenvalue weighted by Gasteiger charge is 2.05. The van der Waals surface area contributed by atoms with E-state index in [1.54, 1.807) is 6.21 Å². The van der Waals surface area contributed by atoms with E-state index in [4.69, 9.17) is 9.47 Å². The Kier molecular flexibility index (Phi) is 7.68. The number of carbonyl (C=O) groups is 1. The fourth-order valence-corrected chi connectivity index (χ4v) is 2.36. The van der Waals surface area contributed by atoms with Crippen LogP contribution in [-0.2, 0) is 4.79 Å². The molecule has 5 nitrogen and oxygen atoms in total. The maximum absolute atomic E-state index is 11.9. The van der Waals surface area contributed by atoms with Crippen LogP contribution in [0.25, 0.3) is 0 Å². The van der Waals surface area contributed by atoms with Crippen LogP contribution in [0.2, 0.25) is 0 Å². The molecule has 1 N–H and O–H groups in total. The largest absolute Gasteiger partial charge is 0.493 e. The highest BCUT2D eigenvalue weighted by Crippen LogP contribution is 2.21. The number of rotatable bonds is 9. The van der Waals surface area contributed by atoms with Crippen molar-refractivity contribution in [1.29, 1.82) is 0 Å². The zero-order valence-corrected chi connectivity index (χ0v) is 15.6. The Bertz CT molecular complexity index is 726. The molecule has 0 radical (unpaired) electrons. The van der Waals surface area contributed by atoms with Crippen molar-refractivity contribution in [3.05, 3.63) is 59.7 Å². The van der Waals surface area contributed by atoms with Gasteiger partial charge in [-0.05, 0) is 49.1 Å². The quantitative estimate of drug-likeness (QED) is 0.544. The zero-order chi connectivity index (χ0) is 18.8. The summed E-state index contributed by atoms with van der Waals surface area (Å²) in [5, 5.41) is 3.96. The molecular formula is C21H26N2O3. The van der Waals surface area contributed by atoms with Crippen molar-refractivity contribution in [2.75, 3.05) is 13.2 Å². The highest BCUT2D eigenvalue weighted by atomic mass is 16.5. The first-order valence-corrected chi connectivity index (χ1v) is 8.90. The van der Waals surface area contributed by atoms with Gasteiger partial charge in [-0.25, -0.2) is 5.43 Å². The molecule has 2 aromatic rings. The van der Waals surface area contributed by atoms with E-state index in [0.717, 1.165) is 17.7 Å². The lowest BCUT2D eigenvalue weighted by Gasteiger charge is -2.10. The summed E-state index contributed by atoms with van der Waals surface area (Å²) in [4.78, 5) is 11.9. The van der Waals surface area contributed by atoms with E-state index in [1.165, 1.54) is 5.56 Å². The third kappa shape index (κ3) is 5.92. The molecule has 2 rings (SSSR count). The molecular weight excluding hydrogens is 328 g/mol. The fourth-order valence-electron chi connectivity index (χ4n) is 2.36. The van der Waals surface area contributed by atoms with E-state index in [-0.39, 0.29) is 12.5 Å². The van der Waals surface area contributed by atoms with Crippen molar-refractivity contribution < 1.29 is 14.3 Å². The second-order valence-corrected chi connectivity index (χ2v) is 5.93. The first-order chi connectivity index (χ1) is 12.6. The van der Waals surface area contributed by atoms with Crippen LogP contribution in [0.3, 0.4) is 0 Å². The molecule has 0 saturated heterocycles. The average molecular weight is 354 g/mol. The molecule has 0 aliphatic carbocycles. The van der Waals surface area contributed by atoms with Crippen molar-refractivity contribution in [2.24, 2.45) is 5.10 Å². The maximum Gasteiger partial charge on any atom is 0.277 e. The molecule has 26 heavy (non-hydrogen) atoms. The standard InChI is InChI=1S/C21H26N2O3/c1-4-16(3)17-10-12-19(13-11-17)26-15-21(24)23-22-14-18-8-6-7-9-20(18)25-5-2/h6-14,16H,4-5,15H2,1-3H3,(H,23,24)/b22-14+. The Balaban J connectivity index is 1.82. The minimum atomic E-state index is -0.318. The van der Waals surface area contributed by atoms with Crippen LogP contribution >= 0.6 is 0 Å². The number of ether oxygens (including phenoxy) is 2. The van der Waals surface area contributed by atoms with Gasteiger partial charge in [0.2, 0.25) is 0 Å². The molecule has 1 atom stereocenters. The van der Waals surface area contributed by atoms with Gasteiger partial charge < -0.3 is 9.47 Å². The summed E-state index contributed by atoms with van der Waals surface area (Å²) in [6.07, 6.45) is 2.65. The van der Waals surface area contributed by atoms with Gasteiger partial charge in [-0.15, -0.1) is 0 Å². The zero-order valence-electron chi connectivity index (χ0n) is 15.6. The van der Waals surface area contributed by atoms with Gasteiger partial charge in [0.05, 0.1) is 12.8 Å². The van der Waals surface area contributed by atoms with Crippen LogP contribution in [0.5, 0.6) is 11.5 Å². The van der Waals surface area contributed by atoms with Crippen LogP contribution in [0.1, 0.15) is 44.2 Å². The third-order valence-corrected chi connectivity index (χ3v) is 4.04. The summed E-state index contributed by atoms with van der Waals surface area (Å²) in [5.74, 6) is 1.59. The molecule has 1 amide bonds. The highest BCUT2D eigenvalue weighted by molar-refractivity contribution is 5.85. The lowest BCUT2D eigenvalue weighted by atomic mass is 9.99. The molecule has 0 spiro atoms. The Hall–Kier alpha value is -2.82. The van der Waals surface area contributed by atoms with Gasteiger partial charge in [0, 0.05) is 5.56 Å². The number of nitrogens with zero attached hydrogens (tertiary/aromatic N) is 1. The lowest BCUT2D eigenvalue weighted by molar-refractivity contribution is -0.123. The van der Waals surface area contributed by atoms with Gasteiger partial charge in [-0.2, -0.15) is 5.10 Å². The summed E-state index contributed by atoms with van der Waals surface area (Å²) < 4.78 is 11.0. The molecule has 0 bridgehead atoms. The minimum Gasteiger partial charge on any atom is -0.493 e. The van der Waals surface area contributed by atoms with Crippen molar-refractivity contribution in [3.63, 3.8) is 0 Å². The molecule has 0 aliphatic rings. The first kappa shape index (κ1) is 19.5. The van der Waals surface area contributed by atoms with Gasteiger partial charge in [-0.1, -0.05) is 38.1 Å². The van der Waals surface area contributed by atoms with Crippen LogP contribution in [0.15, 0.2) is 53.6 Å². The van der Waals surface area contributed by atoms with E-state index < -0.39 is 0 Å². The molecule has 1 unspecified atom stereocenters. The molecule has 0 fully saturated rings. The first-order valence-electron chi connectivity index (χ1n) is 8.90. The van der Waals surface area contributed by atoms with Gasteiger partial charge in [0.25, 0.3) is 5.91 Å². The number of para-hydroxylation sites is 1. The number of carbonyl (C=O) groups excluding carboxylic acids is 1. The molecule has 0 aromatic heterocycles. The molecule has 0 heterocycles. The van der Waals surface area contributed by atoms with E-state index in [1.807, 2.05) is 55.5 Å². The van der Waals surface area contributed by atoms with Crippen LogP contribution < -0.4 is 14.9 Å². The number of hydrogen-bond donors (Lipinski definition) is 1. The van der Waals surface area contributed by atoms with Crippen molar-refractivity contribution >= 4 is 12.1 Å². The van der Waals surface area contributed by atoms with E-state index in [9.17, 15) is 4.79 Å². The normalized spacial score (nSPS) is 12.0. The van der Waals surface area contributed by atoms with E-state index in [2.05, 4.69) is 24.4 Å². The maximum atomic E-state index is 11.9. The van der Waals surface area contributed by atoms with Crippen LogP contribution in [0.4, 0.5) is 0 Å². The number of amides is 1. The Morgan fingerprint density at radius 2 is 1.85 bits per heavy atom. The molecule has 2 aromatic carbocycles. The summed E-state index contributed by atoms with van der Waals surface area (Å²) in [5.41, 5.74) is 4.53. The summed E-state index contributed by atoms with van der Waals surface area (Å²) in [7, 11) is 0. The molecule has 138 valence electrons. The third-order valence-electron chi connectivity index (χ3n) is 4.04. The van der Waals surface area contributed by atoms with Gasteiger partial charge in [0.1, 0.15) is 11.5 Å². The fraction of sp³-hybridized carbons (Fsp3) is 0.333. The van der Waals surface area contributed by atoms with Crippen molar-refractivity contribution in [3.8, 4) is 11.5 Å². The second kappa shape index (κ2) is 10.2.